The molecule has 3 heteroatoms. The molecular weight excluding hydrogens is 310 g/mol. The van der Waals surface area contributed by atoms with Crippen molar-refractivity contribution < 1.29 is 9.90 Å². The van der Waals surface area contributed by atoms with Gasteiger partial charge in [0.15, 0.2) is 0 Å². The maximum absolute atomic E-state index is 11.1. The number of aromatic carboxylic acids is 1. The number of nitrogens with one attached hydrogen (secondary N) is 1. The highest BCUT2D eigenvalue weighted by Gasteiger charge is 2.42. The first-order valence-corrected chi connectivity index (χ1v) is 9.45. The molecule has 0 saturated heterocycles. The Morgan fingerprint density at radius 1 is 0.960 bits per heavy atom. The number of carboxylic acids is 1. The molecule has 0 aromatic heterocycles. The Morgan fingerprint density at radius 2 is 1.72 bits per heavy atom. The van der Waals surface area contributed by atoms with Gasteiger partial charge in [-0.15, -0.1) is 0 Å². The first kappa shape index (κ1) is 15.0. The Hall–Kier alpha value is -2.29. The molecule has 1 aliphatic heterocycles. The number of fused-ring (bicyclic) bond motifs is 3. The Labute approximate surface area is 148 Å². The Balaban J connectivity index is 1.56. The fourth-order valence-corrected chi connectivity index (χ4v) is 5.00. The van der Waals surface area contributed by atoms with E-state index in [1.807, 2.05) is 12.1 Å². The molecule has 0 radical (unpaired) electrons. The molecule has 3 nitrogen and oxygen atoms in total. The van der Waals surface area contributed by atoms with Crippen LogP contribution in [0.1, 0.15) is 77.0 Å². The third-order valence-electron chi connectivity index (χ3n) is 6.36. The van der Waals surface area contributed by atoms with Crippen molar-refractivity contribution in [3.63, 3.8) is 0 Å². The van der Waals surface area contributed by atoms with Crippen molar-refractivity contribution in [1.29, 1.82) is 0 Å². The molecule has 128 valence electrons. The average molecular weight is 333 g/mol. The van der Waals surface area contributed by atoms with Gasteiger partial charge in [0.05, 0.1) is 11.6 Å². The minimum Gasteiger partial charge on any atom is -0.478 e. The van der Waals surface area contributed by atoms with Gasteiger partial charge in [-0.1, -0.05) is 36.8 Å². The molecule has 0 spiro atoms. The average Bonchev–Trinajstić information content (AvgIpc) is 3.36. The molecule has 1 heterocycles. The third-order valence-corrected chi connectivity index (χ3v) is 6.36. The number of carbonyl (C=O) groups is 1. The van der Waals surface area contributed by atoms with Crippen LogP contribution in [0.5, 0.6) is 0 Å². The van der Waals surface area contributed by atoms with Crippen molar-refractivity contribution in [3.05, 3.63) is 64.7 Å². The number of anilines is 1. The number of benzene rings is 2. The zero-order chi connectivity index (χ0) is 17.0. The van der Waals surface area contributed by atoms with Crippen LogP contribution in [0.15, 0.2) is 42.5 Å². The van der Waals surface area contributed by atoms with Gasteiger partial charge in [0.25, 0.3) is 0 Å². The summed E-state index contributed by atoms with van der Waals surface area (Å²) in [5.41, 5.74) is 5.97. The maximum atomic E-state index is 11.1. The monoisotopic (exact) mass is 333 g/mol. The van der Waals surface area contributed by atoms with E-state index in [9.17, 15) is 4.79 Å². The highest BCUT2D eigenvalue weighted by molar-refractivity contribution is 5.87. The van der Waals surface area contributed by atoms with Crippen molar-refractivity contribution in [2.24, 2.45) is 5.92 Å². The molecule has 2 aromatic carbocycles. The molecule has 0 amide bonds. The second-order valence-electron chi connectivity index (χ2n) is 7.84. The van der Waals surface area contributed by atoms with Gasteiger partial charge in [-0.25, -0.2) is 4.79 Å². The summed E-state index contributed by atoms with van der Waals surface area (Å²) in [6, 6.07) is 14.6. The normalized spacial score (nSPS) is 27.3. The lowest BCUT2D eigenvalue weighted by molar-refractivity contribution is 0.0697. The minimum atomic E-state index is -0.858. The second-order valence-corrected chi connectivity index (χ2v) is 7.84. The van der Waals surface area contributed by atoms with Crippen molar-refractivity contribution >= 4 is 11.7 Å². The van der Waals surface area contributed by atoms with Gasteiger partial charge in [0, 0.05) is 5.69 Å². The van der Waals surface area contributed by atoms with Gasteiger partial charge in [0.1, 0.15) is 0 Å². The van der Waals surface area contributed by atoms with Crippen molar-refractivity contribution in [2.45, 2.75) is 50.0 Å². The Bertz CT molecular complexity index is 822. The summed E-state index contributed by atoms with van der Waals surface area (Å²) >= 11 is 0. The summed E-state index contributed by atoms with van der Waals surface area (Å²) < 4.78 is 0. The van der Waals surface area contributed by atoms with Crippen molar-refractivity contribution in [1.82, 2.24) is 0 Å². The summed E-state index contributed by atoms with van der Waals surface area (Å²) in [4.78, 5) is 11.1. The van der Waals surface area contributed by atoms with Crippen LogP contribution in [-0.2, 0) is 0 Å². The topological polar surface area (TPSA) is 49.3 Å². The van der Waals surface area contributed by atoms with Crippen LogP contribution in [0.4, 0.5) is 5.69 Å². The summed E-state index contributed by atoms with van der Waals surface area (Å²) in [6.45, 7) is 0. The third kappa shape index (κ3) is 2.45. The van der Waals surface area contributed by atoms with Crippen LogP contribution in [-0.4, -0.2) is 11.1 Å². The highest BCUT2D eigenvalue weighted by Crippen LogP contribution is 2.56. The Morgan fingerprint density at radius 3 is 2.44 bits per heavy atom. The van der Waals surface area contributed by atoms with Gasteiger partial charge < -0.3 is 10.4 Å². The van der Waals surface area contributed by atoms with E-state index in [4.69, 9.17) is 5.11 Å². The van der Waals surface area contributed by atoms with E-state index in [1.54, 1.807) is 12.1 Å². The quantitative estimate of drug-likeness (QED) is 0.800. The van der Waals surface area contributed by atoms with E-state index in [-0.39, 0.29) is 0 Å². The second kappa shape index (κ2) is 5.62. The molecule has 2 aromatic rings. The van der Waals surface area contributed by atoms with E-state index < -0.39 is 5.97 Å². The van der Waals surface area contributed by atoms with Crippen molar-refractivity contribution in [2.75, 3.05) is 5.32 Å². The number of carboxylic acid groups (broad SMARTS) is 1. The van der Waals surface area contributed by atoms with Crippen LogP contribution in [0.3, 0.4) is 0 Å². The summed E-state index contributed by atoms with van der Waals surface area (Å²) in [5, 5.41) is 13.0. The molecule has 0 bridgehead atoms. The molecule has 3 atom stereocenters. The first-order valence-electron chi connectivity index (χ1n) is 9.45. The van der Waals surface area contributed by atoms with Gasteiger partial charge in [0.2, 0.25) is 0 Å². The highest BCUT2D eigenvalue weighted by atomic mass is 16.4. The number of para-hydroxylation sites is 1. The first-order chi connectivity index (χ1) is 12.2. The number of hydrogen-bond acceptors (Lipinski definition) is 2. The van der Waals surface area contributed by atoms with Crippen LogP contribution in [0, 0.1) is 5.92 Å². The van der Waals surface area contributed by atoms with Gasteiger partial charge in [-0.05, 0) is 72.3 Å². The lowest BCUT2D eigenvalue weighted by Gasteiger charge is -2.39. The van der Waals surface area contributed by atoms with Crippen LogP contribution >= 0.6 is 0 Å². The molecule has 25 heavy (non-hydrogen) atoms. The smallest absolute Gasteiger partial charge is 0.335 e. The fourth-order valence-electron chi connectivity index (χ4n) is 5.00. The van der Waals surface area contributed by atoms with E-state index in [0.29, 0.717) is 23.4 Å². The van der Waals surface area contributed by atoms with E-state index >= 15 is 0 Å². The summed E-state index contributed by atoms with van der Waals surface area (Å²) in [5.74, 6) is 1.12. The SMILES string of the molecule is O=C(O)c1ccc([C@@H]2Nc3c(C4CC4)cccc3[C@@H]3CCC[C@@H]32)cc1. The zero-order valence-corrected chi connectivity index (χ0v) is 14.2. The van der Waals surface area contributed by atoms with E-state index in [0.717, 1.165) is 5.92 Å². The molecule has 2 fully saturated rings. The molecular formula is C22H23NO2. The molecule has 3 aliphatic rings. The van der Waals surface area contributed by atoms with Crippen LogP contribution in [0.2, 0.25) is 0 Å². The largest absolute Gasteiger partial charge is 0.478 e. The lowest BCUT2D eigenvalue weighted by Crippen LogP contribution is -2.29. The van der Waals surface area contributed by atoms with Crippen LogP contribution in [0.25, 0.3) is 0 Å². The summed E-state index contributed by atoms with van der Waals surface area (Å²) in [6.07, 6.45) is 6.43. The van der Waals surface area contributed by atoms with E-state index in [2.05, 4.69) is 23.5 Å². The molecule has 2 N–H and O–H groups in total. The maximum Gasteiger partial charge on any atom is 0.335 e. The zero-order valence-electron chi connectivity index (χ0n) is 14.2. The minimum absolute atomic E-state index is 0.294. The van der Waals surface area contributed by atoms with Gasteiger partial charge >= 0.3 is 5.97 Å². The molecule has 2 aliphatic carbocycles. The molecule has 0 unspecified atom stereocenters. The van der Waals surface area contributed by atoms with Gasteiger partial charge in [-0.2, -0.15) is 0 Å². The Kier molecular flexibility index (Phi) is 3.37. The fraction of sp³-hybridized carbons (Fsp3) is 0.409. The lowest BCUT2D eigenvalue weighted by atomic mass is 9.76. The summed E-state index contributed by atoms with van der Waals surface area (Å²) in [7, 11) is 0. The van der Waals surface area contributed by atoms with Crippen LogP contribution < -0.4 is 5.32 Å². The predicted molar refractivity (Wildman–Crippen MR) is 98.3 cm³/mol. The van der Waals surface area contributed by atoms with E-state index in [1.165, 1.54) is 54.5 Å². The number of hydrogen-bond donors (Lipinski definition) is 2. The number of rotatable bonds is 3. The predicted octanol–water partition coefficient (Wildman–Crippen LogP) is 5.31. The van der Waals surface area contributed by atoms with Crippen molar-refractivity contribution in [3.8, 4) is 0 Å². The standard InChI is InChI=1S/C22H23NO2/c24-22(25)15-11-9-14(10-12-15)20-18-5-2-4-17(18)19-6-1-3-16(13-7-8-13)21(19)23-20/h1,3,6,9-13,17-18,20,23H,2,4-5,7-8H2,(H,24,25)/t17-,18+,20+/m1/s1. The van der Waals surface area contributed by atoms with Gasteiger partial charge in [-0.3, -0.25) is 0 Å². The molecule has 2 saturated carbocycles. The molecule has 5 rings (SSSR count).